The second-order valence-electron chi connectivity index (χ2n) is 4.71. The molecule has 0 aliphatic heterocycles. The molecule has 0 saturated heterocycles. The molecule has 0 amide bonds. The van der Waals surface area contributed by atoms with Crippen LogP contribution in [0.1, 0.15) is 46.0 Å². The van der Waals surface area contributed by atoms with E-state index in [2.05, 4.69) is 6.92 Å². The van der Waals surface area contributed by atoms with E-state index < -0.39 is 11.9 Å². The van der Waals surface area contributed by atoms with Gasteiger partial charge in [-0.3, -0.25) is 4.79 Å². The largest absolute Gasteiger partial charge is 0.466 e. The van der Waals surface area contributed by atoms with E-state index >= 15 is 0 Å². The molecular formula is C13H26O5. The van der Waals surface area contributed by atoms with Gasteiger partial charge in [-0.05, 0) is 13.3 Å². The number of esters is 1. The molecule has 0 aromatic heterocycles. The van der Waals surface area contributed by atoms with E-state index in [9.17, 15) is 9.90 Å². The van der Waals surface area contributed by atoms with Crippen LogP contribution < -0.4 is 0 Å². The van der Waals surface area contributed by atoms with Crippen molar-refractivity contribution in [2.24, 2.45) is 0 Å². The molecule has 0 radical (unpaired) electrons. The molecule has 0 heterocycles. The molecule has 0 saturated carbocycles. The average Bonchev–Trinajstić information content (AvgIpc) is 2.31. The van der Waals surface area contributed by atoms with Crippen molar-refractivity contribution in [2.75, 3.05) is 20.8 Å². The smallest absolute Gasteiger partial charge is 0.308 e. The summed E-state index contributed by atoms with van der Waals surface area (Å²) in [5.41, 5.74) is -1.18. The number of methoxy groups -OCH3 is 2. The lowest BCUT2D eigenvalue weighted by atomic mass is 10.1. The molecule has 108 valence electrons. The average molecular weight is 263 g/mol. The van der Waals surface area contributed by atoms with Crippen LogP contribution in [0.5, 0.6) is 0 Å². The van der Waals surface area contributed by atoms with Crippen LogP contribution in [-0.2, 0) is 19.0 Å². The van der Waals surface area contributed by atoms with Gasteiger partial charge in [-0.15, -0.1) is 0 Å². The lowest BCUT2D eigenvalue weighted by molar-refractivity contribution is -0.159. The Morgan fingerprint density at radius 2 is 1.89 bits per heavy atom. The molecule has 0 aliphatic carbocycles. The highest BCUT2D eigenvalue weighted by Crippen LogP contribution is 2.19. The number of aliphatic hydroxyl groups is 1. The maximum atomic E-state index is 11.5. The molecule has 0 aliphatic rings. The first-order chi connectivity index (χ1) is 8.45. The van der Waals surface area contributed by atoms with Crippen LogP contribution in [0.3, 0.4) is 0 Å². The second-order valence-corrected chi connectivity index (χ2v) is 4.71. The minimum Gasteiger partial charge on any atom is -0.466 e. The number of unbranched alkanes of at least 4 members (excludes halogenated alkanes) is 2. The molecule has 0 fully saturated rings. The Labute approximate surface area is 109 Å². The third kappa shape index (κ3) is 8.44. The lowest BCUT2D eigenvalue weighted by Gasteiger charge is -2.26. The van der Waals surface area contributed by atoms with Gasteiger partial charge in [0.05, 0.1) is 18.6 Å². The Morgan fingerprint density at radius 3 is 2.39 bits per heavy atom. The number of hydrogen-bond acceptors (Lipinski definition) is 5. The van der Waals surface area contributed by atoms with Gasteiger partial charge >= 0.3 is 5.97 Å². The summed E-state index contributed by atoms with van der Waals surface area (Å²) in [6, 6.07) is 0. The third-order valence-corrected chi connectivity index (χ3v) is 2.67. The van der Waals surface area contributed by atoms with Gasteiger partial charge in [0.25, 0.3) is 0 Å². The first-order valence-corrected chi connectivity index (χ1v) is 6.38. The summed E-state index contributed by atoms with van der Waals surface area (Å²) in [7, 11) is 2.99. The fourth-order valence-corrected chi connectivity index (χ4v) is 1.59. The molecule has 1 unspecified atom stereocenters. The van der Waals surface area contributed by atoms with Crippen molar-refractivity contribution in [3.63, 3.8) is 0 Å². The van der Waals surface area contributed by atoms with Gasteiger partial charge in [0, 0.05) is 20.6 Å². The van der Waals surface area contributed by atoms with E-state index in [1.165, 1.54) is 14.2 Å². The Bertz CT molecular complexity index is 223. The fourth-order valence-electron chi connectivity index (χ4n) is 1.59. The summed E-state index contributed by atoms with van der Waals surface area (Å²) in [4.78, 5) is 11.5. The van der Waals surface area contributed by atoms with Crippen LogP contribution >= 0.6 is 0 Å². The molecule has 0 spiro atoms. The Hall–Kier alpha value is -0.650. The maximum Gasteiger partial charge on any atom is 0.308 e. The SMILES string of the molecule is CCCCCOC(=O)[13CH2]C(C)(O)CC(OC)OC. The number of rotatable bonds is 10. The molecule has 5 heteroatoms. The number of carbonyl (C=O) groups excluding carboxylic acids is 1. The fraction of sp³-hybridized carbons (Fsp3) is 0.923. The van der Waals surface area contributed by atoms with E-state index in [-0.39, 0.29) is 18.8 Å². The second kappa shape index (κ2) is 9.30. The summed E-state index contributed by atoms with van der Waals surface area (Å²) < 4.78 is 15.0. The standard InChI is InChI=1S/C13H26O5/c1-5-6-7-8-18-11(14)9-13(2,15)10-12(16-3)17-4/h12,15H,5-10H2,1-4H3/i9+1. The van der Waals surface area contributed by atoms with Crippen LogP contribution in [0.2, 0.25) is 0 Å². The van der Waals surface area contributed by atoms with Crippen molar-refractivity contribution in [1.82, 2.24) is 0 Å². The van der Waals surface area contributed by atoms with Gasteiger partial charge in [0.2, 0.25) is 0 Å². The lowest BCUT2D eigenvalue weighted by Crippen LogP contribution is -2.34. The molecule has 18 heavy (non-hydrogen) atoms. The van der Waals surface area contributed by atoms with Crippen LogP contribution in [0.15, 0.2) is 0 Å². The van der Waals surface area contributed by atoms with Crippen molar-refractivity contribution in [2.45, 2.75) is 57.8 Å². The Kier molecular flexibility index (Phi) is 8.97. The predicted molar refractivity (Wildman–Crippen MR) is 68.1 cm³/mol. The van der Waals surface area contributed by atoms with Crippen molar-refractivity contribution < 1.29 is 24.1 Å². The van der Waals surface area contributed by atoms with Crippen LogP contribution in [0, 0.1) is 0 Å². The summed E-state index contributed by atoms with van der Waals surface area (Å²) in [5.74, 6) is -0.387. The van der Waals surface area contributed by atoms with Gasteiger partial charge < -0.3 is 19.3 Å². The van der Waals surface area contributed by atoms with E-state index in [4.69, 9.17) is 14.2 Å². The zero-order valence-corrected chi connectivity index (χ0v) is 11.9. The van der Waals surface area contributed by atoms with Crippen molar-refractivity contribution >= 4 is 5.97 Å². The van der Waals surface area contributed by atoms with E-state index in [0.29, 0.717) is 6.61 Å². The predicted octanol–water partition coefficient (Wildman–Crippen LogP) is 1.87. The molecule has 0 aromatic rings. The van der Waals surface area contributed by atoms with E-state index in [1.807, 2.05) is 0 Å². The topological polar surface area (TPSA) is 65.0 Å². The van der Waals surface area contributed by atoms with Crippen LogP contribution in [0.4, 0.5) is 0 Å². The summed E-state index contributed by atoms with van der Waals surface area (Å²) in [6.07, 6.45) is 2.64. The minimum absolute atomic E-state index is 0.0532. The first-order valence-electron chi connectivity index (χ1n) is 6.38. The number of hydrogen-bond donors (Lipinski definition) is 1. The van der Waals surface area contributed by atoms with Crippen LogP contribution in [-0.4, -0.2) is 43.8 Å². The monoisotopic (exact) mass is 263 g/mol. The van der Waals surface area contributed by atoms with Gasteiger partial charge in [-0.2, -0.15) is 0 Å². The first kappa shape index (κ1) is 17.4. The molecule has 0 rings (SSSR count). The van der Waals surface area contributed by atoms with Gasteiger partial charge in [0.1, 0.15) is 0 Å². The molecule has 0 aromatic carbocycles. The third-order valence-electron chi connectivity index (χ3n) is 2.67. The highest BCUT2D eigenvalue weighted by Gasteiger charge is 2.29. The molecule has 1 atom stereocenters. The normalized spacial score (nSPS) is 14.6. The summed E-state index contributed by atoms with van der Waals surface area (Å²) >= 11 is 0. The quantitative estimate of drug-likeness (QED) is 0.282. The van der Waals surface area contributed by atoms with Crippen LogP contribution in [0.25, 0.3) is 0 Å². The maximum absolute atomic E-state index is 11.5. The highest BCUT2D eigenvalue weighted by molar-refractivity contribution is 5.70. The molecule has 5 nitrogen and oxygen atoms in total. The van der Waals surface area contributed by atoms with E-state index in [1.54, 1.807) is 6.92 Å². The summed E-state index contributed by atoms with van der Waals surface area (Å²) in [5, 5.41) is 10.1. The zero-order chi connectivity index (χ0) is 14.0. The van der Waals surface area contributed by atoms with Gasteiger partial charge in [-0.1, -0.05) is 19.8 Å². The molecular weight excluding hydrogens is 237 g/mol. The molecule has 1 N–H and O–H groups in total. The van der Waals surface area contributed by atoms with E-state index in [0.717, 1.165) is 19.3 Å². The zero-order valence-electron chi connectivity index (χ0n) is 11.9. The summed E-state index contributed by atoms with van der Waals surface area (Å²) in [6.45, 7) is 4.08. The van der Waals surface area contributed by atoms with Crippen molar-refractivity contribution in [1.29, 1.82) is 0 Å². The highest BCUT2D eigenvalue weighted by atomic mass is 16.7. The van der Waals surface area contributed by atoms with Crippen molar-refractivity contribution in [3.05, 3.63) is 0 Å². The number of ether oxygens (including phenoxy) is 3. The molecule has 0 bridgehead atoms. The minimum atomic E-state index is -1.18. The Morgan fingerprint density at radius 1 is 1.28 bits per heavy atom. The number of carbonyl (C=O) groups is 1. The van der Waals surface area contributed by atoms with Gasteiger partial charge in [0.15, 0.2) is 6.29 Å². The van der Waals surface area contributed by atoms with Gasteiger partial charge in [-0.25, -0.2) is 0 Å². The Balaban J connectivity index is 3.95. The van der Waals surface area contributed by atoms with Crippen molar-refractivity contribution in [3.8, 4) is 0 Å².